The molecule has 0 radical (unpaired) electrons. The van der Waals surface area contributed by atoms with Gasteiger partial charge in [0.1, 0.15) is 6.04 Å². The maximum Gasteiger partial charge on any atom is 0.237 e. The van der Waals surface area contributed by atoms with Gasteiger partial charge in [-0.3, -0.25) is 4.79 Å². The van der Waals surface area contributed by atoms with Crippen molar-refractivity contribution in [1.29, 1.82) is 5.26 Å². The van der Waals surface area contributed by atoms with Crippen molar-refractivity contribution in [1.82, 2.24) is 10.2 Å². The zero-order valence-electron chi connectivity index (χ0n) is 13.2. The molecule has 4 bridgehead atoms. The molecule has 5 fully saturated rings. The topological polar surface area (TPSA) is 82.2 Å². The number of amides is 1. The van der Waals surface area contributed by atoms with E-state index in [9.17, 15) is 4.79 Å². The van der Waals surface area contributed by atoms with Crippen LogP contribution in [0.15, 0.2) is 0 Å². The summed E-state index contributed by atoms with van der Waals surface area (Å²) in [7, 11) is 0. The quantitative estimate of drug-likeness (QED) is 0.819. The third kappa shape index (κ3) is 2.33. The van der Waals surface area contributed by atoms with Crippen LogP contribution in [0.25, 0.3) is 0 Å². The fourth-order valence-corrected chi connectivity index (χ4v) is 6.10. The summed E-state index contributed by atoms with van der Waals surface area (Å²) in [4.78, 5) is 14.2. The Morgan fingerprint density at radius 3 is 2.68 bits per heavy atom. The van der Waals surface area contributed by atoms with E-state index in [1.807, 2.05) is 0 Å². The van der Waals surface area contributed by atoms with Crippen LogP contribution in [0, 0.1) is 23.2 Å². The third-order valence-electron chi connectivity index (χ3n) is 6.44. The standard InChI is InChI=1S/C17H26N4O/c18-9-14-2-1-3-21(14)15(22)10-20-17-7-12-4-13(8-17)6-16(19,5-12)11-17/h12-14,20H,1-8,10-11,19H2/t12?,13?,14-,16?,17?/m0/s1. The molecule has 4 saturated carbocycles. The van der Waals surface area contributed by atoms with Crippen LogP contribution in [0.4, 0.5) is 0 Å². The normalized spacial score (nSPS) is 46.0. The van der Waals surface area contributed by atoms with Crippen molar-refractivity contribution in [2.75, 3.05) is 13.1 Å². The van der Waals surface area contributed by atoms with Crippen molar-refractivity contribution in [3.8, 4) is 6.07 Å². The molecule has 4 aliphatic carbocycles. The molecule has 5 nitrogen and oxygen atoms in total. The number of nitrogens with two attached hydrogens (primary N) is 1. The molecule has 0 aromatic heterocycles. The maximum absolute atomic E-state index is 12.5. The van der Waals surface area contributed by atoms with Crippen LogP contribution < -0.4 is 11.1 Å². The number of hydrogen-bond acceptors (Lipinski definition) is 4. The van der Waals surface area contributed by atoms with Crippen molar-refractivity contribution in [3.63, 3.8) is 0 Å². The fourth-order valence-electron chi connectivity index (χ4n) is 6.10. The van der Waals surface area contributed by atoms with Crippen molar-refractivity contribution >= 4 is 5.91 Å². The van der Waals surface area contributed by atoms with Gasteiger partial charge in [-0.25, -0.2) is 0 Å². The lowest BCUT2D eigenvalue weighted by Crippen LogP contribution is -2.68. The summed E-state index contributed by atoms with van der Waals surface area (Å²) in [6.45, 7) is 1.10. The number of carbonyl (C=O) groups is 1. The second-order valence-electron chi connectivity index (χ2n) is 8.33. The third-order valence-corrected chi connectivity index (χ3v) is 6.44. The van der Waals surface area contributed by atoms with E-state index in [2.05, 4.69) is 11.4 Å². The summed E-state index contributed by atoms with van der Waals surface area (Å²) in [6.07, 6.45) is 8.82. The van der Waals surface area contributed by atoms with Gasteiger partial charge in [-0.1, -0.05) is 0 Å². The zero-order valence-corrected chi connectivity index (χ0v) is 13.2. The molecule has 0 spiro atoms. The first kappa shape index (κ1) is 14.5. The minimum atomic E-state index is -0.216. The number of likely N-dealkylation sites (tertiary alicyclic amines) is 1. The van der Waals surface area contributed by atoms with E-state index < -0.39 is 0 Å². The van der Waals surface area contributed by atoms with E-state index >= 15 is 0 Å². The van der Waals surface area contributed by atoms with Gasteiger partial charge in [-0.2, -0.15) is 5.26 Å². The molecule has 22 heavy (non-hydrogen) atoms. The first-order chi connectivity index (χ1) is 10.5. The Hall–Kier alpha value is -1.12. The van der Waals surface area contributed by atoms with E-state index in [-0.39, 0.29) is 23.0 Å². The lowest BCUT2D eigenvalue weighted by molar-refractivity contribution is -0.131. The first-order valence-electron chi connectivity index (χ1n) is 8.74. The van der Waals surface area contributed by atoms with Crippen LogP contribution in [0.1, 0.15) is 51.4 Å². The minimum Gasteiger partial charge on any atom is -0.326 e. The van der Waals surface area contributed by atoms with Gasteiger partial charge in [0.2, 0.25) is 5.91 Å². The molecule has 5 heteroatoms. The predicted octanol–water partition coefficient (Wildman–Crippen LogP) is 1.14. The van der Waals surface area contributed by atoms with Gasteiger partial charge in [-0.05, 0) is 63.2 Å². The average Bonchev–Trinajstić information content (AvgIpc) is 2.90. The van der Waals surface area contributed by atoms with Crippen molar-refractivity contribution in [2.24, 2.45) is 17.6 Å². The SMILES string of the molecule is N#C[C@@H]1CCCN1C(=O)CNC12CC3CC(CC(N)(C3)C1)C2. The van der Waals surface area contributed by atoms with E-state index in [0.717, 1.165) is 37.6 Å². The monoisotopic (exact) mass is 302 g/mol. The summed E-state index contributed by atoms with van der Waals surface area (Å²) < 4.78 is 0. The zero-order chi connectivity index (χ0) is 15.4. The Morgan fingerprint density at radius 1 is 1.32 bits per heavy atom. The Morgan fingerprint density at radius 2 is 2.05 bits per heavy atom. The van der Waals surface area contributed by atoms with Crippen LogP contribution in [0.2, 0.25) is 0 Å². The molecule has 1 saturated heterocycles. The fraction of sp³-hybridized carbons (Fsp3) is 0.882. The lowest BCUT2D eigenvalue weighted by atomic mass is 9.50. The molecule has 3 N–H and O–H groups in total. The molecular formula is C17H26N4O. The Labute approximate surface area is 132 Å². The Balaban J connectivity index is 1.41. The molecule has 2 unspecified atom stereocenters. The molecule has 120 valence electrons. The van der Waals surface area contributed by atoms with Gasteiger partial charge in [-0.15, -0.1) is 0 Å². The van der Waals surface area contributed by atoms with Crippen LogP contribution in [-0.4, -0.2) is 41.0 Å². The highest BCUT2D eigenvalue weighted by Crippen LogP contribution is 2.56. The second kappa shape index (κ2) is 4.94. The number of nitriles is 1. The molecule has 1 heterocycles. The van der Waals surface area contributed by atoms with E-state index in [4.69, 9.17) is 11.0 Å². The van der Waals surface area contributed by atoms with Gasteiger partial charge >= 0.3 is 0 Å². The van der Waals surface area contributed by atoms with Crippen LogP contribution in [0.5, 0.6) is 0 Å². The highest BCUT2D eigenvalue weighted by molar-refractivity contribution is 5.79. The van der Waals surface area contributed by atoms with Gasteiger partial charge in [0.05, 0.1) is 12.6 Å². The van der Waals surface area contributed by atoms with E-state index in [1.165, 1.54) is 32.1 Å². The molecule has 5 aliphatic rings. The van der Waals surface area contributed by atoms with Gasteiger partial charge in [0.15, 0.2) is 0 Å². The minimum absolute atomic E-state index is 0.00294. The molecule has 5 rings (SSSR count). The number of nitrogens with zero attached hydrogens (tertiary/aromatic N) is 2. The highest BCUT2D eigenvalue weighted by Gasteiger charge is 2.56. The Kier molecular flexibility index (Phi) is 3.25. The number of carbonyl (C=O) groups excluding carboxylic acids is 1. The van der Waals surface area contributed by atoms with E-state index in [1.54, 1.807) is 4.90 Å². The Bertz CT molecular complexity index is 511. The van der Waals surface area contributed by atoms with Crippen molar-refractivity contribution in [3.05, 3.63) is 0 Å². The maximum atomic E-state index is 12.5. The van der Waals surface area contributed by atoms with E-state index in [0.29, 0.717) is 6.54 Å². The predicted molar refractivity (Wildman–Crippen MR) is 82.7 cm³/mol. The van der Waals surface area contributed by atoms with Gasteiger partial charge in [0.25, 0.3) is 0 Å². The number of nitrogens with one attached hydrogen (secondary N) is 1. The van der Waals surface area contributed by atoms with Crippen LogP contribution in [0.3, 0.4) is 0 Å². The summed E-state index contributed by atoms with van der Waals surface area (Å²) in [5.41, 5.74) is 6.68. The molecule has 0 aromatic rings. The average molecular weight is 302 g/mol. The summed E-state index contributed by atoms with van der Waals surface area (Å²) in [5, 5.41) is 12.7. The summed E-state index contributed by atoms with van der Waals surface area (Å²) in [5.74, 6) is 1.57. The lowest BCUT2D eigenvalue weighted by Gasteiger charge is -2.61. The van der Waals surface area contributed by atoms with Gasteiger partial charge < -0.3 is 16.0 Å². The van der Waals surface area contributed by atoms with Gasteiger partial charge in [0, 0.05) is 17.6 Å². The summed E-state index contributed by atoms with van der Waals surface area (Å²) in [6, 6.07) is 2.04. The smallest absolute Gasteiger partial charge is 0.237 e. The summed E-state index contributed by atoms with van der Waals surface area (Å²) >= 11 is 0. The highest BCUT2D eigenvalue weighted by atomic mass is 16.2. The van der Waals surface area contributed by atoms with Crippen molar-refractivity contribution in [2.45, 2.75) is 68.5 Å². The molecular weight excluding hydrogens is 276 g/mol. The second-order valence-corrected chi connectivity index (χ2v) is 8.33. The van der Waals surface area contributed by atoms with Crippen LogP contribution in [-0.2, 0) is 4.79 Å². The molecule has 0 aromatic carbocycles. The number of rotatable bonds is 3. The van der Waals surface area contributed by atoms with Crippen LogP contribution >= 0.6 is 0 Å². The molecule has 3 atom stereocenters. The largest absolute Gasteiger partial charge is 0.326 e. The van der Waals surface area contributed by atoms with Crippen molar-refractivity contribution < 1.29 is 4.79 Å². The number of hydrogen-bond donors (Lipinski definition) is 2. The molecule has 1 aliphatic heterocycles. The molecule has 1 amide bonds. The first-order valence-corrected chi connectivity index (χ1v) is 8.74.